The Morgan fingerprint density at radius 3 is 2.55 bits per heavy atom. The summed E-state index contributed by atoms with van der Waals surface area (Å²) in [5, 5.41) is 3.46. The van der Waals surface area contributed by atoms with Gasteiger partial charge in [-0.25, -0.2) is 0 Å². The Hall–Kier alpha value is -1.12. The highest BCUT2D eigenvalue weighted by molar-refractivity contribution is 9.10. The quantitative estimate of drug-likeness (QED) is 0.842. The van der Waals surface area contributed by atoms with E-state index in [0.29, 0.717) is 6.04 Å². The number of hydrogen-bond donors (Lipinski definition) is 1. The number of halogens is 1. The average molecular weight is 332 g/mol. The third-order valence-electron chi connectivity index (χ3n) is 3.96. The fourth-order valence-electron chi connectivity index (χ4n) is 2.61. The van der Waals surface area contributed by atoms with Crippen molar-refractivity contribution in [3.63, 3.8) is 0 Å². The second kappa shape index (κ2) is 6.55. The van der Waals surface area contributed by atoms with Gasteiger partial charge in [0.1, 0.15) is 0 Å². The molecule has 20 heavy (non-hydrogen) atoms. The molecule has 0 aliphatic carbocycles. The highest BCUT2D eigenvalue weighted by atomic mass is 79.9. The molecule has 0 bridgehead atoms. The van der Waals surface area contributed by atoms with Gasteiger partial charge in [-0.2, -0.15) is 0 Å². The third kappa shape index (κ3) is 3.31. The number of likely N-dealkylation sites (N-methyl/N-ethyl adjacent to an activating group) is 1. The van der Waals surface area contributed by atoms with Gasteiger partial charge < -0.3 is 5.32 Å². The normalized spacial score (nSPS) is 12.4. The molecule has 1 nitrogen and oxygen atoms in total. The van der Waals surface area contributed by atoms with Gasteiger partial charge in [-0.15, -0.1) is 0 Å². The number of benzene rings is 2. The molecule has 0 fully saturated rings. The van der Waals surface area contributed by atoms with Crippen molar-refractivity contribution in [2.45, 2.75) is 33.2 Å². The number of aryl methyl sites for hydroxylation is 2. The van der Waals surface area contributed by atoms with Crippen molar-refractivity contribution in [2.24, 2.45) is 0 Å². The summed E-state index contributed by atoms with van der Waals surface area (Å²) in [5.74, 6) is 0. The van der Waals surface area contributed by atoms with E-state index in [0.717, 1.165) is 6.42 Å². The maximum Gasteiger partial charge on any atom is 0.0361 e. The number of hydrogen-bond acceptors (Lipinski definition) is 1. The lowest BCUT2D eigenvalue weighted by molar-refractivity contribution is 0.587. The van der Waals surface area contributed by atoms with E-state index >= 15 is 0 Å². The Morgan fingerprint density at radius 1 is 1.10 bits per heavy atom. The minimum atomic E-state index is 0.341. The molecule has 1 unspecified atom stereocenters. The van der Waals surface area contributed by atoms with E-state index in [1.165, 1.54) is 32.3 Å². The van der Waals surface area contributed by atoms with Gasteiger partial charge in [-0.05, 0) is 62.6 Å². The summed E-state index contributed by atoms with van der Waals surface area (Å²) in [6, 6.07) is 13.5. The molecule has 106 valence electrons. The van der Waals surface area contributed by atoms with Gasteiger partial charge in [-0.1, -0.05) is 51.8 Å². The molecule has 0 saturated carbocycles. The van der Waals surface area contributed by atoms with Crippen LogP contribution in [-0.2, 0) is 6.42 Å². The van der Waals surface area contributed by atoms with E-state index in [-0.39, 0.29) is 0 Å². The first-order valence-electron chi connectivity index (χ1n) is 7.01. The van der Waals surface area contributed by atoms with Crippen LogP contribution in [0.1, 0.15) is 33.9 Å². The lowest BCUT2D eigenvalue weighted by Crippen LogP contribution is -2.20. The molecule has 0 aliphatic rings. The van der Waals surface area contributed by atoms with Crippen LogP contribution >= 0.6 is 15.9 Å². The molecule has 2 rings (SSSR count). The monoisotopic (exact) mass is 331 g/mol. The lowest BCUT2D eigenvalue weighted by atomic mass is 9.93. The van der Waals surface area contributed by atoms with E-state index in [4.69, 9.17) is 0 Å². The van der Waals surface area contributed by atoms with Crippen molar-refractivity contribution in [2.75, 3.05) is 7.05 Å². The standard InChI is InChI=1S/C18H22BrN/c1-12-8-9-13(2)15(10-12)11-18(20-4)16-6-5-7-17(19)14(16)3/h5-10,18,20H,11H2,1-4H3. The summed E-state index contributed by atoms with van der Waals surface area (Å²) in [4.78, 5) is 0. The lowest BCUT2D eigenvalue weighted by Gasteiger charge is -2.21. The zero-order valence-electron chi connectivity index (χ0n) is 12.6. The van der Waals surface area contributed by atoms with Crippen LogP contribution < -0.4 is 5.32 Å². The van der Waals surface area contributed by atoms with Crippen LogP contribution in [0.4, 0.5) is 0 Å². The largest absolute Gasteiger partial charge is 0.313 e. The molecule has 2 aromatic carbocycles. The molecule has 0 saturated heterocycles. The SMILES string of the molecule is CNC(Cc1cc(C)ccc1C)c1cccc(Br)c1C. The molecule has 2 heteroatoms. The van der Waals surface area contributed by atoms with Crippen LogP contribution in [0.15, 0.2) is 40.9 Å². The Kier molecular flexibility index (Phi) is 5.00. The Labute approximate surface area is 130 Å². The van der Waals surface area contributed by atoms with Crippen LogP contribution in [0, 0.1) is 20.8 Å². The fraction of sp³-hybridized carbons (Fsp3) is 0.333. The van der Waals surface area contributed by atoms with Gasteiger partial charge in [0, 0.05) is 10.5 Å². The summed E-state index contributed by atoms with van der Waals surface area (Å²) in [6.45, 7) is 6.52. The van der Waals surface area contributed by atoms with Gasteiger partial charge in [0.15, 0.2) is 0 Å². The molecule has 0 aliphatic heterocycles. The summed E-state index contributed by atoms with van der Waals surface area (Å²) >= 11 is 3.63. The van der Waals surface area contributed by atoms with Crippen LogP contribution in [0.5, 0.6) is 0 Å². The zero-order chi connectivity index (χ0) is 14.7. The molecule has 1 atom stereocenters. The Bertz CT molecular complexity index is 604. The van der Waals surface area contributed by atoms with Gasteiger partial charge in [0.2, 0.25) is 0 Å². The summed E-state index contributed by atoms with van der Waals surface area (Å²) in [5.41, 5.74) is 6.79. The van der Waals surface area contributed by atoms with Crippen LogP contribution in [-0.4, -0.2) is 7.05 Å². The van der Waals surface area contributed by atoms with E-state index < -0.39 is 0 Å². The molecule has 1 N–H and O–H groups in total. The topological polar surface area (TPSA) is 12.0 Å². The number of nitrogens with one attached hydrogen (secondary N) is 1. The maximum absolute atomic E-state index is 3.63. The Balaban J connectivity index is 2.34. The second-order valence-electron chi connectivity index (χ2n) is 5.43. The highest BCUT2D eigenvalue weighted by Gasteiger charge is 2.14. The molecule has 0 radical (unpaired) electrons. The van der Waals surface area contributed by atoms with Gasteiger partial charge in [0.05, 0.1) is 0 Å². The van der Waals surface area contributed by atoms with Crippen molar-refractivity contribution in [3.05, 3.63) is 68.7 Å². The summed E-state index contributed by atoms with van der Waals surface area (Å²) in [6.07, 6.45) is 1.02. The van der Waals surface area contributed by atoms with Gasteiger partial charge in [0.25, 0.3) is 0 Å². The average Bonchev–Trinajstić information content (AvgIpc) is 2.43. The first-order chi connectivity index (χ1) is 9.52. The Morgan fingerprint density at radius 2 is 1.85 bits per heavy atom. The molecule has 0 heterocycles. The molecule has 0 amide bonds. The van der Waals surface area contributed by atoms with Crippen LogP contribution in [0.25, 0.3) is 0 Å². The first kappa shape index (κ1) is 15.3. The van der Waals surface area contributed by atoms with E-state index in [9.17, 15) is 0 Å². The highest BCUT2D eigenvalue weighted by Crippen LogP contribution is 2.27. The first-order valence-corrected chi connectivity index (χ1v) is 7.80. The minimum Gasteiger partial charge on any atom is -0.313 e. The molecular weight excluding hydrogens is 310 g/mol. The van der Waals surface area contributed by atoms with Crippen LogP contribution in [0.2, 0.25) is 0 Å². The fourth-order valence-corrected chi connectivity index (χ4v) is 2.99. The maximum atomic E-state index is 3.63. The second-order valence-corrected chi connectivity index (χ2v) is 6.28. The summed E-state index contributed by atoms with van der Waals surface area (Å²) < 4.78 is 1.18. The smallest absolute Gasteiger partial charge is 0.0361 e. The van der Waals surface area contributed by atoms with Crippen molar-refractivity contribution < 1.29 is 0 Å². The van der Waals surface area contributed by atoms with Crippen molar-refractivity contribution in [1.29, 1.82) is 0 Å². The summed E-state index contributed by atoms with van der Waals surface area (Å²) in [7, 11) is 2.04. The number of rotatable bonds is 4. The van der Waals surface area contributed by atoms with Gasteiger partial charge in [-0.3, -0.25) is 0 Å². The molecule has 2 aromatic rings. The molecule has 0 aromatic heterocycles. The van der Waals surface area contributed by atoms with E-state index in [1.807, 2.05) is 7.05 Å². The molecular formula is C18H22BrN. The van der Waals surface area contributed by atoms with Crippen molar-refractivity contribution in [3.8, 4) is 0 Å². The third-order valence-corrected chi connectivity index (χ3v) is 4.82. The van der Waals surface area contributed by atoms with E-state index in [2.05, 4.69) is 78.4 Å². The zero-order valence-corrected chi connectivity index (χ0v) is 14.2. The predicted octanol–water partition coefficient (Wildman–Crippen LogP) is 4.88. The van der Waals surface area contributed by atoms with E-state index in [1.54, 1.807) is 0 Å². The predicted molar refractivity (Wildman–Crippen MR) is 90.3 cm³/mol. The van der Waals surface area contributed by atoms with Gasteiger partial charge >= 0.3 is 0 Å². The van der Waals surface area contributed by atoms with Crippen LogP contribution in [0.3, 0.4) is 0 Å². The van der Waals surface area contributed by atoms with Crippen molar-refractivity contribution in [1.82, 2.24) is 5.32 Å². The molecule has 0 spiro atoms. The van der Waals surface area contributed by atoms with Crippen molar-refractivity contribution >= 4 is 15.9 Å². The minimum absolute atomic E-state index is 0.341.